The van der Waals surface area contributed by atoms with E-state index in [1.54, 1.807) is 0 Å². The van der Waals surface area contributed by atoms with Gasteiger partial charge in [-0.15, -0.1) is 0 Å². The molecule has 0 amide bonds. The summed E-state index contributed by atoms with van der Waals surface area (Å²) in [5, 5.41) is 3.15. The van der Waals surface area contributed by atoms with Crippen LogP contribution >= 0.6 is 0 Å². The fourth-order valence-electron chi connectivity index (χ4n) is 1.59. The van der Waals surface area contributed by atoms with Crippen molar-refractivity contribution in [2.75, 3.05) is 13.6 Å². The summed E-state index contributed by atoms with van der Waals surface area (Å²) >= 11 is 0. The molecule has 84 valence electrons. The average Bonchev–Trinajstić information content (AvgIpc) is 2.29. The molecule has 1 aromatic rings. The molecule has 2 nitrogen and oxygen atoms in total. The zero-order valence-electron chi connectivity index (χ0n) is 9.92. The largest absolute Gasteiger partial charge is 0.489 e. The van der Waals surface area contributed by atoms with Crippen LogP contribution in [0.15, 0.2) is 24.3 Å². The molecule has 0 heterocycles. The maximum absolute atomic E-state index is 5.96. The van der Waals surface area contributed by atoms with Crippen molar-refractivity contribution in [2.24, 2.45) is 0 Å². The molecule has 1 atom stereocenters. The van der Waals surface area contributed by atoms with Crippen molar-refractivity contribution >= 4 is 0 Å². The van der Waals surface area contributed by atoms with Gasteiger partial charge in [0.25, 0.3) is 0 Å². The Kier molecular flexibility index (Phi) is 5.19. The quantitative estimate of drug-likeness (QED) is 0.774. The highest BCUT2D eigenvalue weighted by atomic mass is 16.5. The van der Waals surface area contributed by atoms with Crippen molar-refractivity contribution in [2.45, 2.75) is 32.8 Å². The number of ether oxygens (including phenoxy) is 1. The summed E-state index contributed by atoms with van der Waals surface area (Å²) in [6.07, 6.45) is 2.31. The van der Waals surface area contributed by atoms with Crippen LogP contribution in [0.3, 0.4) is 0 Å². The number of para-hydroxylation sites is 1. The fraction of sp³-hybridized carbons (Fsp3) is 0.538. The third-order valence-electron chi connectivity index (χ3n) is 2.53. The van der Waals surface area contributed by atoms with Crippen molar-refractivity contribution in [1.82, 2.24) is 5.32 Å². The van der Waals surface area contributed by atoms with Gasteiger partial charge in [0.2, 0.25) is 0 Å². The van der Waals surface area contributed by atoms with E-state index in [4.69, 9.17) is 4.74 Å². The molecule has 15 heavy (non-hydrogen) atoms. The predicted octanol–water partition coefficient (Wildman–Crippen LogP) is 2.63. The van der Waals surface area contributed by atoms with Gasteiger partial charge in [-0.05, 0) is 31.5 Å². The van der Waals surface area contributed by atoms with Gasteiger partial charge in [-0.25, -0.2) is 0 Å². The molecule has 0 saturated carbocycles. The van der Waals surface area contributed by atoms with Gasteiger partial charge >= 0.3 is 0 Å². The number of aryl methyl sites for hydroxylation is 1. The van der Waals surface area contributed by atoms with E-state index in [2.05, 4.69) is 37.4 Å². The second-order valence-corrected chi connectivity index (χ2v) is 3.67. The van der Waals surface area contributed by atoms with Crippen LogP contribution in [0.4, 0.5) is 0 Å². The van der Waals surface area contributed by atoms with Gasteiger partial charge in [0.1, 0.15) is 11.9 Å². The average molecular weight is 207 g/mol. The first-order valence-electron chi connectivity index (χ1n) is 5.70. The first-order valence-corrected chi connectivity index (χ1v) is 5.70. The van der Waals surface area contributed by atoms with E-state index in [1.807, 2.05) is 13.1 Å². The number of likely N-dealkylation sites (N-methyl/N-ethyl adjacent to an activating group) is 1. The van der Waals surface area contributed by atoms with E-state index in [1.165, 1.54) is 5.56 Å². The van der Waals surface area contributed by atoms with E-state index in [0.29, 0.717) is 0 Å². The lowest BCUT2D eigenvalue weighted by atomic mass is 10.1. The molecule has 2 heteroatoms. The van der Waals surface area contributed by atoms with Crippen molar-refractivity contribution < 1.29 is 4.74 Å². The summed E-state index contributed by atoms with van der Waals surface area (Å²) in [5.41, 5.74) is 1.28. The molecule has 0 aromatic heterocycles. The highest BCUT2D eigenvalue weighted by molar-refractivity contribution is 5.33. The number of rotatable bonds is 6. The van der Waals surface area contributed by atoms with Gasteiger partial charge < -0.3 is 10.1 Å². The number of benzene rings is 1. The fourth-order valence-corrected chi connectivity index (χ4v) is 1.59. The normalized spacial score (nSPS) is 12.5. The van der Waals surface area contributed by atoms with Crippen LogP contribution < -0.4 is 10.1 Å². The Morgan fingerprint density at radius 3 is 2.60 bits per heavy atom. The third-order valence-corrected chi connectivity index (χ3v) is 2.53. The molecular formula is C13H21NO. The lowest BCUT2D eigenvalue weighted by Gasteiger charge is -2.19. The van der Waals surface area contributed by atoms with Crippen LogP contribution in [0.25, 0.3) is 0 Å². The second-order valence-electron chi connectivity index (χ2n) is 3.67. The maximum Gasteiger partial charge on any atom is 0.122 e. The van der Waals surface area contributed by atoms with Gasteiger partial charge in [0.05, 0.1) is 0 Å². The summed E-state index contributed by atoms with van der Waals surface area (Å²) in [6, 6.07) is 8.27. The Morgan fingerprint density at radius 2 is 2.00 bits per heavy atom. The Bertz CT molecular complexity index is 286. The molecule has 0 saturated heterocycles. The van der Waals surface area contributed by atoms with Gasteiger partial charge in [0.15, 0.2) is 0 Å². The van der Waals surface area contributed by atoms with Gasteiger partial charge in [0, 0.05) is 6.54 Å². The molecule has 0 fully saturated rings. The van der Waals surface area contributed by atoms with Crippen LogP contribution in [0.5, 0.6) is 5.75 Å². The molecule has 1 aromatic carbocycles. The number of nitrogens with one attached hydrogen (secondary N) is 1. The maximum atomic E-state index is 5.96. The predicted molar refractivity (Wildman–Crippen MR) is 64.5 cm³/mol. The smallest absolute Gasteiger partial charge is 0.122 e. The Labute approximate surface area is 92.6 Å². The molecule has 0 spiro atoms. The van der Waals surface area contributed by atoms with E-state index < -0.39 is 0 Å². The van der Waals surface area contributed by atoms with Crippen LogP contribution in [-0.4, -0.2) is 19.7 Å². The third kappa shape index (κ3) is 3.56. The van der Waals surface area contributed by atoms with Crippen LogP contribution in [0.2, 0.25) is 0 Å². The molecule has 1 unspecified atom stereocenters. The standard InChI is InChI=1S/C13H21NO/c1-4-11-8-6-7-9-13(11)15-12(5-2)10-14-3/h6-9,12,14H,4-5,10H2,1-3H3. The van der Waals surface area contributed by atoms with Gasteiger partial charge in [-0.1, -0.05) is 32.0 Å². The minimum Gasteiger partial charge on any atom is -0.489 e. The van der Waals surface area contributed by atoms with Crippen molar-refractivity contribution in [1.29, 1.82) is 0 Å². The van der Waals surface area contributed by atoms with Crippen molar-refractivity contribution in [3.05, 3.63) is 29.8 Å². The van der Waals surface area contributed by atoms with Crippen molar-refractivity contribution in [3.8, 4) is 5.75 Å². The van der Waals surface area contributed by atoms with Gasteiger partial charge in [-0.2, -0.15) is 0 Å². The zero-order chi connectivity index (χ0) is 11.1. The van der Waals surface area contributed by atoms with E-state index in [9.17, 15) is 0 Å². The Hall–Kier alpha value is -1.02. The summed E-state index contributed by atoms with van der Waals surface area (Å²) in [4.78, 5) is 0. The number of hydrogen-bond acceptors (Lipinski definition) is 2. The Balaban J connectivity index is 2.69. The van der Waals surface area contributed by atoms with E-state index in [0.717, 1.165) is 25.1 Å². The first-order chi connectivity index (χ1) is 7.31. The van der Waals surface area contributed by atoms with Crippen molar-refractivity contribution in [3.63, 3.8) is 0 Å². The SMILES string of the molecule is CCc1ccccc1OC(CC)CNC. The second kappa shape index (κ2) is 6.46. The highest BCUT2D eigenvalue weighted by Gasteiger charge is 2.08. The zero-order valence-corrected chi connectivity index (χ0v) is 9.92. The molecule has 1 N–H and O–H groups in total. The summed E-state index contributed by atoms with van der Waals surface area (Å²) < 4.78 is 5.96. The molecule has 0 bridgehead atoms. The van der Waals surface area contributed by atoms with E-state index >= 15 is 0 Å². The molecular weight excluding hydrogens is 186 g/mol. The monoisotopic (exact) mass is 207 g/mol. The topological polar surface area (TPSA) is 21.3 Å². The number of hydrogen-bond donors (Lipinski definition) is 1. The molecule has 0 aliphatic carbocycles. The lowest BCUT2D eigenvalue weighted by molar-refractivity contribution is 0.194. The minimum atomic E-state index is 0.266. The van der Waals surface area contributed by atoms with E-state index in [-0.39, 0.29) is 6.10 Å². The van der Waals surface area contributed by atoms with Crippen LogP contribution in [0, 0.1) is 0 Å². The Morgan fingerprint density at radius 1 is 1.27 bits per heavy atom. The van der Waals surface area contributed by atoms with Gasteiger partial charge in [-0.3, -0.25) is 0 Å². The molecule has 0 radical (unpaired) electrons. The minimum absolute atomic E-state index is 0.266. The van der Waals surface area contributed by atoms with Crippen LogP contribution in [-0.2, 0) is 6.42 Å². The summed E-state index contributed by atoms with van der Waals surface area (Å²) in [7, 11) is 1.96. The van der Waals surface area contributed by atoms with Crippen LogP contribution in [0.1, 0.15) is 25.8 Å². The lowest BCUT2D eigenvalue weighted by Crippen LogP contribution is -2.28. The first kappa shape index (κ1) is 12.1. The highest BCUT2D eigenvalue weighted by Crippen LogP contribution is 2.20. The summed E-state index contributed by atoms with van der Waals surface area (Å²) in [6.45, 7) is 5.20. The summed E-state index contributed by atoms with van der Waals surface area (Å²) in [5.74, 6) is 1.03. The molecule has 0 aliphatic rings. The molecule has 0 aliphatic heterocycles. The molecule has 1 rings (SSSR count).